The van der Waals surface area contributed by atoms with Crippen molar-refractivity contribution >= 4 is 29.3 Å². The lowest BCUT2D eigenvalue weighted by molar-refractivity contribution is -0.123. The normalized spacial score (nSPS) is 20.6. The highest BCUT2D eigenvalue weighted by Crippen LogP contribution is 2.60. The van der Waals surface area contributed by atoms with Gasteiger partial charge in [-0.15, -0.1) is 11.8 Å². The van der Waals surface area contributed by atoms with Crippen LogP contribution in [0.4, 0.5) is 5.69 Å². The van der Waals surface area contributed by atoms with Crippen LogP contribution in [0.1, 0.15) is 40.9 Å². The number of carbonyl (C=O) groups excluding carboxylic acids is 2. The van der Waals surface area contributed by atoms with E-state index in [1.54, 1.807) is 35.9 Å². The van der Waals surface area contributed by atoms with E-state index in [9.17, 15) is 9.59 Å². The maximum Gasteiger partial charge on any atom is 0.268 e. The molecular weight excluding hydrogens is 444 g/mol. The number of carbonyl (C=O) groups is 2. The maximum atomic E-state index is 14.3. The lowest BCUT2D eigenvalue weighted by atomic mass is 10.0. The van der Waals surface area contributed by atoms with Crippen LogP contribution in [0.5, 0.6) is 5.75 Å². The fourth-order valence-electron chi connectivity index (χ4n) is 4.98. The molecule has 3 aromatic rings. The number of thioether (sulfide) groups is 1. The zero-order valence-electron chi connectivity index (χ0n) is 19.9. The number of benzene rings is 3. The molecule has 34 heavy (non-hydrogen) atoms. The third-order valence-corrected chi connectivity index (χ3v) is 8.18. The van der Waals surface area contributed by atoms with Gasteiger partial charge in [0.2, 0.25) is 0 Å². The number of hydrogen-bond acceptors (Lipinski definition) is 4. The molecule has 5 nitrogen and oxygen atoms in total. The molecule has 2 heterocycles. The van der Waals surface area contributed by atoms with Gasteiger partial charge in [-0.2, -0.15) is 0 Å². The summed E-state index contributed by atoms with van der Waals surface area (Å²) in [5.74, 6) is 0.381. The molecule has 1 unspecified atom stereocenters. The molecule has 0 aromatic heterocycles. The van der Waals surface area contributed by atoms with Crippen LogP contribution in [0.3, 0.4) is 0 Å². The summed E-state index contributed by atoms with van der Waals surface area (Å²) in [6, 6.07) is 23.1. The molecule has 6 heteroatoms. The van der Waals surface area contributed by atoms with Crippen LogP contribution in [0.15, 0.2) is 72.8 Å². The number of methoxy groups -OCH3 is 1. The van der Waals surface area contributed by atoms with E-state index < -0.39 is 4.87 Å². The number of para-hydroxylation sites is 1. The number of hydrogen-bond donors (Lipinski definition) is 0. The Morgan fingerprint density at radius 2 is 1.76 bits per heavy atom. The number of amides is 2. The van der Waals surface area contributed by atoms with Crippen LogP contribution in [0, 0.1) is 6.92 Å². The van der Waals surface area contributed by atoms with Gasteiger partial charge in [-0.25, -0.2) is 0 Å². The summed E-state index contributed by atoms with van der Waals surface area (Å²) in [4.78, 5) is 30.8. The van der Waals surface area contributed by atoms with Gasteiger partial charge in [-0.1, -0.05) is 48.5 Å². The number of fused-ring (bicyclic) bond motifs is 2. The molecule has 1 fully saturated rings. The first-order valence-electron chi connectivity index (χ1n) is 11.4. The van der Waals surface area contributed by atoms with Gasteiger partial charge in [0.05, 0.1) is 19.3 Å². The Bertz CT molecular complexity index is 1290. The molecule has 0 aliphatic carbocycles. The fourth-order valence-corrected chi connectivity index (χ4v) is 6.71. The Hall–Kier alpha value is -3.25. The van der Waals surface area contributed by atoms with E-state index in [4.69, 9.17) is 4.74 Å². The summed E-state index contributed by atoms with van der Waals surface area (Å²) in [5.41, 5.74) is 4.48. The zero-order chi connectivity index (χ0) is 24.1. The van der Waals surface area contributed by atoms with E-state index in [0.717, 1.165) is 22.4 Å². The van der Waals surface area contributed by atoms with Crippen LogP contribution in [-0.4, -0.2) is 35.1 Å². The van der Waals surface area contributed by atoms with Crippen molar-refractivity contribution in [2.75, 3.05) is 18.6 Å². The standard InChI is InChI=1S/C28H28N2O3S/c1-19-10-5-6-11-21(19)17-29-24-15-8-7-14-23(24)28(26(29)32)30(18-27(2,3)34-28)25(31)20-12-9-13-22(16-20)33-4/h5-16H,17-18H2,1-4H3. The molecule has 174 valence electrons. The third-order valence-electron chi connectivity index (χ3n) is 6.59. The van der Waals surface area contributed by atoms with E-state index in [1.165, 1.54) is 0 Å². The van der Waals surface area contributed by atoms with E-state index in [2.05, 4.69) is 32.9 Å². The van der Waals surface area contributed by atoms with Crippen LogP contribution in [0.2, 0.25) is 0 Å². The molecule has 2 aliphatic heterocycles. The monoisotopic (exact) mass is 472 g/mol. The minimum Gasteiger partial charge on any atom is -0.497 e. The molecule has 5 rings (SSSR count). The summed E-state index contributed by atoms with van der Waals surface area (Å²) < 4.78 is 5.05. The van der Waals surface area contributed by atoms with Crippen LogP contribution in [0.25, 0.3) is 0 Å². The highest BCUT2D eigenvalue weighted by atomic mass is 32.2. The van der Waals surface area contributed by atoms with Crippen LogP contribution < -0.4 is 9.64 Å². The molecule has 2 amide bonds. The van der Waals surface area contributed by atoms with E-state index >= 15 is 0 Å². The highest BCUT2D eigenvalue weighted by molar-refractivity contribution is 8.02. The van der Waals surface area contributed by atoms with Gasteiger partial charge in [-0.3, -0.25) is 9.59 Å². The Kier molecular flexibility index (Phi) is 5.44. The second kappa shape index (κ2) is 8.20. The largest absolute Gasteiger partial charge is 0.497 e. The smallest absolute Gasteiger partial charge is 0.268 e. The average molecular weight is 473 g/mol. The second-order valence-corrected chi connectivity index (χ2v) is 11.4. The zero-order valence-corrected chi connectivity index (χ0v) is 20.7. The fraction of sp³-hybridized carbons (Fsp3) is 0.286. The van der Waals surface area contributed by atoms with Crippen LogP contribution in [-0.2, 0) is 16.2 Å². The first-order valence-corrected chi connectivity index (χ1v) is 12.2. The van der Waals surface area contributed by atoms with Gasteiger partial charge in [0.25, 0.3) is 11.8 Å². The minimum atomic E-state index is -1.11. The van der Waals surface area contributed by atoms with Crippen molar-refractivity contribution in [3.63, 3.8) is 0 Å². The SMILES string of the molecule is COc1cccc(C(=O)N2CC(C)(C)SC23C(=O)N(Cc2ccccc2C)c2ccccc23)c1. The van der Waals surface area contributed by atoms with Crippen molar-refractivity contribution in [2.24, 2.45) is 0 Å². The first kappa shape index (κ1) is 22.5. The van der Waals surface area contributed by atoms with E-state index in [0.29, 0.717) is 24.4 Å². The highest BCUT2D eigenvalue weighted by Gasteiger charge is 2.63. The van der Waals surface area contributed by atoms with Crippen molar-refractivity contribution in [1.82, 2.24) is 4.90 Å². The number of aryl methyl sites for hydroxylation is 1. The summed E-state index contributed by atoms with van der Waals surface area (Å²) in [5, 5.41) is 0. The van der Waals surface area contributed by atoms with Crippen molar-refractivity contribution in [3.8, 4) is 5.75 Å². The molecular formula is C28H28N2O3S. The number of rotatable bonds is 4. The number of nitrogens with zero attached hydrogens (tertiary/aromatic N) is 2. The molecule has 0 saturated carbocycles. The first-order chi connectivity index (χ1) is 16.3. The Balaban J connectivity index is 1.63. The lowest BCUT2D eigenvalue weighted by Crippen LogP contribution is -2.50. The summed E-state index contributed by atoms with van der Waals surface area (Å²) >= 11 is 1.57. The molecule has 0 radical (unpaired) electrons. The topological polar surface area (TPSA) is 49.9 Å². The summed E-state index contributed by atoms with van der Waals surface area (Å²) in [6.45, 7) is 7.18. The Labute approximate surface area is 204 Å². The summed E-state index contributed by atoms with van der Waals surface area (Å²) in [7, 11) is 1.58. The second-order valence-electron chi connectivity index (χ2n) is 9.46. The van der Waals surface area contributed by atoms with Gasteiger partial charge < -0.3 is 14.5 Å². The van der Waals surface area contributed by atoms with Crippen molar-refractivity contribution in [2.45, 2.75) is 36.9 Å². The Morgan fingerprint density at radius 3 is 2.53 bits per heavy atom. The average Bonchev–Trinajstić information content (AvgIpc) is 3.26. The van der Waals surface area contributed by atoms with Crippen LogP contribution >= 0.6 is 11.8 Å². The van der Waals surface area contributed by atoms with Crippen molar-refractivity contribution in [3.05, 3.63) is 95.1 Å². The minimum absolute atomic E-state index is 0.0659. The molecule has 1 atom stereocenters. The third kappa shape index (κ3) is 3.48. The molecule has 0 N–H and O–H groups in total. The predicted molar refractivity (Wildman–Crippen MR) is 136 cm³/mol. The molecule has 3 aromatic carbocycles. The van der Waals surface area contributed by atoms with Crippen molar-refractivity contribution in [1.29, 1.82) is 0 Å². The molecule has 1 spiro atoms. The Morgan fingerprint density at radius 1 is 1.03 bits per heavy atom. The number of ether oxygens (including phenoxy) is 1. The van der Waals surface area contributed by atoms with Gasteiger partial charge >= 0.3 is 0 Å². The maximum absolute atomic E-state index is 14.3. The number of anilines is 1. The van der Waals surface area contributed by atoms with Gasteiger partial charge in [0, 0.05) is 22.4 Å². The molecule has 1 saturated heterocycles. The quantitative estimate of drug-likeness (QED) is 0.512. The van der Waals surface area contributed by atoms with Crippen molar-refractivity contribution < 1.29 is 14.3 Å². The van der Waals surface area contributed by atoms with Gasteiger partial charge in [0.1, 0.15) is 5.75 Å². The predicted octanol–water partition coefficient (Wildman–Crippen LogP) is 5.37. The molecule has 2 aliphatic rings. The van der Waals surface area contributed by atoms with Gasteiger partial charge in [-0.05, 0) is 56.2 Å². The van der Waals surface area contributed by atoms with E-state index in [-0.39, 0.29) is 16.6 Å². The van der Waals surface area contributed by atoms with Gasteiger partial charge in [0.15, 0.2) is 4.87 Å². The summed E-state index contributed by atoms with van der Waals surface area (Å²) in [6.07, 6.45) is 0. The molecule has 0 bridgehead atoms. The lowest BCUT2D eigenvalue weighted by Gasteiger charge is -2.33. The van der Waals surface area contributed by atoms with E-state index in [1.807, 2.05) is 53.4 Å².